The van der Waals surface area contributed by atoms with E-state index in [0.717, 1.165) is 10.8 Å². The zero-order chi connectivity index (χ0) is 12.3. The summed E-state index contributed by atoms with van der Waals surface area (Å²) in [6.07, 6.45) is 0. The van der Waals surface area contributed by atoms with Gasteiger partial charge in [-0.15, -0.1) is 0 Å². The molecule has 0 unspecified atom stereocenters. The lowest BCUT2D eigenvalue weighted by Crippen LogP contribution is -2.28. The van der Waals surface area contributed by atoms with Crippen molar-refractivity contribution in [2.75, 3.05) is 13.7 Å². The maximum absolute atomic E-state index is 11.2. The fourth-order valence-corrected chi connectivity index (χ4v) is 1.55. The molecule has 0 saturated carbocycles. The summed E-state index contributed by atoms with van der Waals surface area (Å²) in [4.78, 5) is 11.2. The molecule has 88 valence electrons. The number of rotatable bonds is 3. The van der Waals surface area contributed by atoms with Gasteiger partial charge in [-0.2, -0.15) is 0 Å². The number of fused-ring (bicyclic) bond motifs is 1. The third-order valence-electron chi connectivity index (χ3n) is 2.46. The standard InChI is InChI=1S/C13H13NO3/c1-14(16)13(15)9-17-12-8-4-6-10-5-2-3-7-11(10)12/h2-8,16H,9H2,1H3. The normalized spacial score (nSPS) is 10.2. The number of amides is 1. The zero-order valence-corrected chi connectivity index (χ0v) is 9.46. The summed E-state index contributed by atoms with van der Waals surface area (Å²) in [5.41, 5.74) is 0. The molecule has 0 aromatic heterocycles. The highest BCUT2D eigenvalue weighted by molar-refractivity contribution is 5.88. The number of nitrogens with zero attached hydrogens (tertiary/aromatic N) is 1. The van der Waals surface area contributed by atoms with Crippen LogP contribution in [0.25, 0.3) is 10.8 Å². The Kier molecular flexibility index (Phi) is 3.25. The van der Waals surface area contributed by atoms with Crippen LogP contribution in [0.5, 0.6) is 5.75 Å². The van der Waals surface area contributed by atoms with E-state index in [1.54, 1.807) is 6.07 Å². The van der Waals surface area contributed by atoms with Crippen molar-refractivity contribution in [2.24, 2.45) is 0 Å². The maximum Gasteiger partial charge on any atom is 0.283 e. The van der Waals surface area contributed by atoms with E-state index >= 15 is 0 Å². The van der Waals surface area contributed by atoms with Gasteiger partial charge in [-0.05, 0) is 11.5 Å². The topological polar surface area (TPSA) is 49.8 Å². The molecule has 0 atom stereocenters. The van der Waals surface area contributed by atoms with E-state index in [9.17, 15) is 4.79 Å². The molecule has 0 fully saturated rings. The van der Waals surface area contributed by atoms with Gasteiger partial charge in [0, 0.05) is 12.4 Å². The van der Waals surface area contributed by atoms with Crippen LogP contribution in [0.15, 0.2) is 42.5 Å². The quantitative estimate of drug-likeness (QED) is 0.649. The van der Waals surface area contributed by atoms with E-state index in [1.165, 1.54) is 7.05 Å². The number of carbonyl (C=O) groups excluding carboxylic acids is 1. The summed E-state index contributed by atoms with van der Waals surface area (Å²) >= 11 is 0. The minimum absolute atomic E-state index is 0.180. The molecule has 0 heterocycles. The average molecular weight is 231 g/mol. The van der Waals surface area contributed by atoms with Crippen molar-refractivity contribution >= 4 is 16.7 Å². The SMILES string of the molecule is CN(O)C(=O)COc1cccc2ccccc12. The van der Waals surface area contributed by atoms with Crippen LogP contribution in [0.1, 0.15) is 0 Å². The Morgan fingerprint density at radius 2 is 1.94 bits per heavy atom. The lowest BCUT2D eigenvalue weighted by Gasteiger charge is -2.11. The Labute approximate surface area is 99.0 Å². The van der Waals surface area contributed by atoms with E-state index < -0.39 is 5.91 Å². The Morgan fingerprint density at radius 1 is 1.24 bits per heavy atom. The highest BCUT2D eigenvalue weighted by Gasteiger charge is 2.08. The third-order valence-corrected chi connectivity index (χ3v) is 2.46. The van der Waals surface area contributed by atoms with E-state index in [2.05, 4.69) is 0 Å². The van der Waals surface area contributed by atoms with Gasteiger partial charge in [0.05, 0.1) is 0 Å². The molecule has 0 aliphatic heterocycles. The molecule has 2 rings (SSSR count). The Bertz CT molecular complexity index is 532. The fraction of sp³-hybridized carbons (Fsp3) is 0.154. The predicted molar refractivity (Wildman–Crippen MR) is 64.0 cm³/mol. The van der Waals surface area contributed by atoms with Gasteiger partial charge in [-0.25, -0.2) is 5.06 Å². The molecule has 2 aromatic carbocycles. The van der Waals surface area contributed by atoms with Crippen molar-refractivity contribution in [3.8, 4) is 5.75 Å². The van der Waals surface area contributed by atoms with Crippen molar-refractivity contribution in [1.82, 2.24) is 5.06 Å². The van der Waals surface area contributed by atoms with Gasteiger partial charge in [-0.1, -0.05) is 36.4 Å². The monoisotopic (exact) mass is 231 g/mol. The van der Waals surface area contributed by atoms with Crippen LogP contribution in [0.2, 0.25) is 0 Å². The number of hydroxylamine groups is 2. The lowest BCUT2D eigenvalue weighted by atomic mass is 10.1. The van der Waals surface area contributed by atoms with Crippen molar-refractivity contribution < 1.29 is 14.7 Å². The predicted octanol–water partition coefficient (Wildman–Crippen LogP) is 2.07. The second-order valence-corrected chi connectivity index (χ2v) is 3.68. The lowest BCUT2D eigenvalue weighted by molar-refractivity contribution is -0.161. The van der Waals surface area contributed by atoms with Gasteiger partial charge in [-0.3, -0.25) is 10.0 Å². The fourth-order valence-electron chi connectivity index (χ4n) is 1.55. The number of hydrogen-bond acceptors (Lipinski definition) is 3. The van der Waals surface area contributed by atoms with Gasteiger partial charge in [0.2, 0.25) is 0 Å². The second-order valence-electron chi connectivity index (χ2n) is 3.68. The van der Waals surface area contributed by atoms with Crippen LogP contribution in [0.3, 0.4) is 0 Å². The average Bonchev–Trinajstić information content (AvgIpc) is 2.35. The molecule has 0 aliphatic rings. The van der Waals surface area contributed by atoms with E-state index in [1.807, 2.05) is 36.4 Å². The van der Waals surface area contributed by atoms with Crippen LogP contribution in [0, 0.1) is 0 Å². The number of carbonyl (C=O) groups is 1. The number of hydrogen-bond donors (Lipinski definition) is 1. The van der Waals surface area contributed by atoms with Crippen LogP contribution in [-0.4, -0.2) is 29.8 Å². The van der Waals surface area contributed by atoms with E-state index in [-0.39, 0.29) is 6.61 Å². The second kappa shape index (κ2) is 4.84. The molecule has 0 bridgehead atoms. The number of benzene rings is 2. The smallest absolute Gasteiger partial charge is 0.283 e. The molecule has 1 amide bonds. The maximum atomic E-state index is 11.2. The summed E-state index contributed by atoms with van der Waals surface area (Å²) in [5, 5.41) is 11.4. The minimum Gasteiger partial charge on any atom is -0.483 e. The first-order valence-corrected chi connectivity index (χ1v) is 5.24. The number of likely N-dealkylation sites (N-methyl/N-ethyl adjacent to an activating group) is 1. The van der Waals surface area contributed by atoms with Crippen molar-refractivity contribution in [3.05, 3.63) is 42.5 Å². The van der Waals surface area contributed by atoms with Gasteiger partial charge >= 0.3 is 0 Å². The van der Waals surface area contributed by atoms with E-state index in [0.29, 0.717) is 10.8 Å². The van der Waals surface area contributed by atoms with Crippen LogP contribution < -0.4 is 4.74 Å². The highest BCUT2D eigenvalue weighted by atomic mass is 16.5. The van der Waals surface area contributed by atoms with Crippen LogP contribution in [-0.2, 0) is 4.79 Å². The molecule has 1 N–H and O–H groups in total. The third kappa shape index (κ3) is 2.54. The van der Waals surface area contributed by atoms with Crippen molar-refractivity contribution in [3.63, 3.8) is 0 Å². The molecule has 0 saturated heterocycles. The van der Waals surface area contributed by atoms with Crippen molar-refractivity contribution in [1.29, 1.82) is 0 Å². The Morgan fingerprint density at radius 3 is 2.71 bits per heavy atom. The first-order chi connectivity index (χ1) is 8.18. The molecular formula is C13H13NO3. The molecule has 17 heavy (non-hydrogen) atoms. The molecule has 0 spiro atoms. The molecular weight excluding hydrogens is 218 g/mol. The summed E-state index contributed by atoms with van der Waals surface area (Å²) in [5.74, 6) is 0.149. The summed E-state index contributed by atoms with van der Waals surface area (Å²) < 4.78 is 5.39. The van der Waals surface area contributed by atoms with Gasteiger partial charge in [0.15, 0.2) is 6.61 Å². The van der Waals surface area contributed by atoms with Crippen LogP contribution in [0.4, 0.5) is 0 Å². The van der Waals surface area contributed by atoms with Gasteiger partial charge < -0.3 is 4.74 Å². The Hall–Kier alpha value is -2.07. The van der Waals surface area contributed by atoms with E-state index in [4.69, 9.17) is 9.94 Å². The summed E-state index contributed by atoms with van der Waals surface area (Å²) in [7, 11) is 1.27. The van der Waals surface area contributed by atoms with Gasteiger partial charge in [0.1, 0.15) is 5.75 Å². The molecule has 2 aromatic rings. The first-order valence-electron chi connectivity index (χ1n) is 5.24. The zero-order valence-electron chi connectivity index (χ0n) is 9.46. The number of ether oxygens (including phenoxy) is 1. The van der Waals surface area contributed by atoms with Crippen molar-refractivity contribution in [2.45, 2.75) is 0 Å². The van der Waals surface area contributed by atoms with Crippen LogP contribution >= 0.6 is 0 Å². The molecule has 4 heteroatoms. The molecule has 0 aliphatic carbocycles. The summed E-state index contributed by atoms with van der Waals surface area (Å²) in [6.45, 7) is -0.180. The highest BCUT2D eigenvalue weighted by Crippen LogP contribution is 2.24. The molecule has 0 radical (unpaired) electrons. The largest absolute Gasteiger partial charge is 0.483 e. The molecule has 4 nitrogen and oxygen atoms in total. The first kappa shape index (κ1) is 11.4. The van der Waals surface area contributed by atoms with Gasteiger partial charge in [0.25, 0.3) is 5.91 Å². The Balaban J connectivity index is 2.21. The summed E-state index contributed by atoms with van der Waals surface area (Å²) in [6, 6.07) is 13.4. The minimum atomic E-state index is -0.488.